The summed E-state index contributed by atoms with van der Waals surface area (Å²) in [6.07, 6.45) is 0. The quantitative estimate of drug-likeness (QED) is 0.211. The molecule has 0 fully saturated rings. The molecule has 2 aliphatic rings. The SMILES string of the molecule is O=C1N(Cc2ccccc2)c2ccccc2C12c1cc(Cl)ccc1-c1oc3c(c(-c4ccccc4)cc4ccccc43)c12. The Hall–Kier alpha value is -5.12. The van der Waals surface area contributed by atoms with Crippen molar-refractivity contribution >= 4 is 44.9 Å². The molecule has 1 aromatic heterocycles. The fraction of sp³-hybridized carbons (Fsp3) is 0.0513. The number of hydrogen-bond acceptors (Lipinski definition) is 2. The van der Waals surface area contributed by atoms with Crippen LogP contribution in [0.3, 0.4) is 0 Å². The maximum Gasteiger partial charge on any atom is 0.247 e. The number of rotatable bonds is 3. The number of para-hydroxylation sites is 1. The van der Waals surface area contributed by atoms with Crippen LogP contribution in [0.5, 0.6) is 0 Å². The molecule has 1 aliphatic carbocycles. The number of anilines is 1. The van der Waals surface area contributed by atoms with Crippen molar-refractivity contribution in [3.8, 4) is 22.5 Å². The lowest BCUT2D eigenvalue weighted by Gasteiger charge is -2.27. The van der Waals surface area contributed by atoms with Gasteiger partial charge in [0.25, 0.3) is 0 Å². The van der Waals surface area contributed by atoms with Crippen LogP contribution < -0.4 is 4.90 Å². The van der Waals surface area contributed by atoms with Crippen molar-refractivity contribution in [2.75, 3.05) is 4.90 Å². The van der Waals surface area contributed by atoms with E-state index in [1.807, 2.05) is 65.6 Å². The van der Waals surface area contributed by atoms with Gasteiger partial charge in [0, 0.05) is 38.2 Å². The number of hydrogen-bond donors (Lipinski definition) is 0. The van der Waals surface area contributed by atoms with Crippen molar-refractivity contribution < 1.29 is 9.21 Å². The lowest BCUT2D eigenvalue weighted by molar-refractivity contribution is -0.120. The molecule has 0 saturated carbocycles. The van der Waals surface area contributed by atoms with Gasteiger partial charge in [0.05, 0.1) is 6.54 Å². The van der Waals surface area contributed by atoms with E-state index in [9.17, 15) is 0 Å². The first kappa shape index (κ1) is 24.5. The van der Waals surface area contributed by atoms with E-state index < -0.39 is 5.41 Å². The fourth-order valence-electron chi connectivity index (χ4n) is 7.37. The van der Waals surface area contributed by atoms with Gasteiger partial charge in [0.1, 0.15) is 16.8 Å². The smallest absolute Gasteiger partial charge is 0.247 e. The van der Waals surface area contributed by atoms with Crippen molar-refractivity contribution in [2.45, 2.75) is 12.0 Å². The van der Waals surface area contributed by atoms with Crippen LogP contribution in [0.2, 0.25) is 5.02 Å². The second-order valence-electron chi connectivity index (χ2n) is 11.4. The number of fused-ring (bicyclic) bond motifs is 11. The van der Waals surface area contributed by atoms with Crippen LogP contribution in [0.25, 0.3) is 44.2 Å². The van der Waals surface area contributed by atoms with Crippen LogP contribution >= 0.6 is 11.6 Å². The molecule has 0 N–H and O–H groups in total. The number of benzene rings is 6. The highest BCUT2D eigenvalue weighted by Gasteiger charge is 2.60. The van der Waals surface area contributed by atoms with E-state index >= 15 is 4.79 Å². The topological polar surface area (TPSA) is 33.5 Å². The first-order chi connectivity index (χ1) is 21.2. The van der Waals surface area contributed by atoms with Crippen molar-refractivity contribution in [3.05, 3.63) is 161 Å². The highest BCUT2D eigenvalue weighted by Crippen LogP contribution is 2.63. The molecule has 0 bridgehead atoms. The second kappa shape index (κ2) is 8.94. The third-order valence-corrected chi connectivity index (χ3v) is 9.36. The Bertz CT molecular complexity index is 2250. The van der Waals surface area contributed by atoms with Crippen LogP contribution in [-0.2, 0) is 16.8 Å². The molecule has 4 heteroatoms. The summed E-state index contributed by atoms with van der Waals surface area (Å²) >= 11 is 6.70. The van der Waals surface area contributed by atoms with E-state index in [1.165, 1.54) is 0 Å². The summed E-state index contributed by atoms with van der Waals surface area (Å²) in [4.78, 5) is 17.3. The highest BCUT2D eigenvalue weighted by atomic mass is 35.5. The molecule has 6 aromatic carbocycles. The Labute approximate surface area is 253 Å². The minimum Gasteiger partial charge on any atom is -0.455 e. The number of furan rings is 1. The second-order valence-corrected chi connectivity index (χ2v) is 11.8. The standard InChI is InChI=1S/C39H24ClNO2/c40-27-19-20-29-32(22-27)39(31-17-9-10-18-33(31)41(38(39)42)23-24-11-3-1-4-12-24)35-34-30(25-13-5-2-6-14-25)21-26-15-7-8-16-28(26)36(34)43-37(29)35/h1-22H,23H2. The molecular weight excluding hydrogens is 550 g/mol. The third-order valence-electron chi connectivity index (χ3n) is 9.12. The van der Waals surface area contributed by atoms with Gasteiger partial charge in [-0.3, -0.25) is 4.79 Å². The summed E-state index contributed by atoms with van der Waals surface area (Å²) in [7, 11) is 0. The lowest BCUT2D eigenvalue weighted by atomic mass is 9.72. The molecule has 1 unspecified atom stereocenters. The van der Waals surface area contributed by atoms with Gasteiger partial charge in [0.2, 0.25) is 5.91 Å². The number of amides is 1. The predicted molar refractivity (Wildman–Crippen MR) is 174 cm³/mol. The summed E-state index contributed by atoms with van der Waals surface area (Å²) in [5, 5.41) is 3.68. The molecule has 1 spiro atoms. The zero-order chi connectivity index (χ0) is 28.7. The monoisotopic (exact) mass is 573 g/mol. The van der Waals surface area contributed by atoms with Crippen LogP contribution in [0.4, 0.5) is 5.69 Å². The van der Waals surface area contributed by atoms with Gasteiger partial charge in [-0.25, -0.2) is 0 Å². The maximum atomic E-state index is 15.3. The third kappa shape index (κ3) is 3.23. The molecule has 3 nitrogen and oxygen atoms in total. The zero-order valence-electron chi connectivity index (χ0n) is 23.1. The zero-order valence-corrected chi connectivity index (χ0v) is 23.8. The average Bonchev–Trinajstić information content (AvgIpc) is 3.65. The predicted octanol–water partition coefficient (Wildman–Crippen LogP) is 9.77. The van der Waals surface area contributed by atoms with Gasteiger partial charge in [-0.2, -0.15) is 0 Å². The molecule has 43 heavy (non-hydrogen) atoms. The fourth-order valence-corrected chi connectivity index (χ4v) is 7.54. The molecule has 1 atom stereocenters. The molecule has 1 amide bonds. The minimum absolute atomic E-state index is 0.00897. The van der Waals surface area contributed by atoms with Crippen molar-refractivity contribution in [3.63, 3.8) is 0 Å². The first-order valence-electron chi connectivity index (χ1n) is 14.5. The Morgan fingerprint density at radius 2 is 1.42 bits per heavy atom. The lowest BCUT2D eigenvalue weighted by Crippen LogP contribution is -2.40. The van der Waals surface area contributed by atoms with E-state index in [1.54, 1.807) is 0 Å². The maximum absolute atomic E-state index is 15.3. The Morgan fingerprint density at radius 3 is 2.26 bits per heavy atom. The molecule has 0 saturated heterocycles. The van der Waals surface area contributed by atoms with E-state index in [0.717, 1.165) is 72.1 Å². The van der Waals surface area contributed by atoms with E-state index in [4.69, 9.17) is 16.0 Å². The van der Waals surface area contributed by atoms with E-state index in [0.29, 0.717) is 11.6 Å². The average molecular weight is 574 g/mol. The molecule has 9 rings (SSSR count). The van der Waals surface area contributed by atoms with E-state index in [-0.39, 0.29) is 5.91 Å². The van der Waals surface area contributed by atoms with Crippen LogP contribution in [0, 0.1) is 0 Å². The summed E-state index contributed by atoms with van der Waals surface area (Å²) < 4.78 is 6.94. The normalized spacial score (nSPS) is 16.7. The summed E-state index contributed by atoms with van der Waals surface area (Å²) in [5.41, 5.74) is 7.42. The van der Waals surface area contributed by atoms with Crippen molar-refractivity contribution in [2.24, 2.45) is 0 Å². The van der Waals surface area contributed by atoms with Crippen molar-refractivity contribution in [1.82, 2.24) is 0 Å². The summed E-state index contributed by atoms with van der Waals surface area (Å²) in [5.74, 6) is 0.745. The van der Waals surface area contributed by atoms with Crippen LogP contribution in [-0.4, -0.2) is 5.91 Å². The van der Waals surface area contributed by atoms with Gasteiger partial charge in [-0.1, -0.05) is 115 Å². The highest BCUT2D eigenvalue weighted by molar-refractivity contribution is 6.31. The van der Waals surface area contributed by atoms with Crippen molar-refractivity contribution in [1.29, 1.82) is 0 Å². The summed E-state index contributed by atoms with van der Waals surface area (Å²) in [6, 6.07) is 45.2. The number of nitrogens with zero attached hydrogens (tertiary/aromatic N) is 1. The number of carbonyl (C=O) groups is 1. The van der Waals surface area contributed by atoms with Gasteiger partial charge in [-0.15, -0.1) is 0 Å². The molecule has 1 aliphatic heterocycles. The van der Waals surface area contributed by atoms with E-state index in [2.05, 4.69) is 72.8 Å². The Morgan fingerprint density at radius 1 is 0.698 bits per heavy atom. The molecule has 204 valence electrons. The molecular formula is C39H24ClNO2. The number of halogens is 1. The van der Waals surface area contributed by atoms with Gasteiger partial charge in [-0.05, 0) is 58.0 Å². The Balaban J connectivity index is 1.44. The largest absolute Gasteiger partial charge is 0.455 e. The van der Waals surface area contributed by atoms with Gasteiger partial charge >= 0.3 is 0 Å². The van der Waals surface area contributed by atoms with Crippen LogP contribution in [0.15, 0.2) is 138 Å². The van der Waals surface area contributed by atoms with Gasteiger partial charge < -0.3 is 9.32 Å². The van der Waals surface area contributed by atoms with Crippen LogP contribution in [0.1, 0.15) is 22.3 Å². The number of carbonyl (C=O) groups excluding carboxylic acids is 1. The molecule has 7 aromatic rings. The minimum atomic E-state index is -1.11. The molecule has 0 radical (unpaired) electrons. The van der Waals surface area contributed by atoms with Gasteiger partial charge in [0.15, 0.2) is 0 Å². The Kier molecular flexibility index (Phi) is 5.09. The summed E-state index contributed by atoms with van der Waals surface area (Å²) in [6.45, 7) is 0.466. The first-order valence-corrected chi connectivity index (χ1v) is 14.8. The molecule has 2 heterocycles.